The molecule has 17 heavy (non-hydrogen) atoms. The second kappa shape index (κ2) is 5.47. The van der Waals surface area contributed by atoms with Crippen LogP contribution in [-0.2, 0) is 0 Å². The average Bonchev–Trinajstić information content (AvgIpc) is 2.72. The lowest BCUT2D eigenvalue weighted by Crippen LogP contribution is -2.28. The van der Waals surface area contributed by atoms with Crippen molar-refractivity contribution in [3.05, 3.63) is 29.0 Å². The van der Waals surface area contributed by atoms with Gasteiger partial charge in [-0.25, -0.2) is 4.98 Å². The van der Waals surface area contributed by atoms with Gasteiger partial charge in [-0.2, -0.15) is 0 Å². The molecule has 1 aromatic rings. The van der Waals surface area contributed by atoms with Gasteiger partial charge in [-0.3, -0.25) is 4.79 Å². The van der Waals surface area contributed by atoms with E-state index in [0.717, 1.165) is 19.3 Å². The van der Waals surface area contributed by atoms with E-state index >= 15 is 0 Å². The molecule has 1 heterocycles. The van der Waals surface area contributed by atoms with Gasteiger partial charge in [0.05, 0.1) is 6.10 Å². The van der Waals surface area contributed by atoms with Crippen molar-refractivity contribution in [2.45, 2.75) is 25.4 Å². The van der Waals surface area contributed by atoms with E-state index in [-0.39, 0.29) is 12.0 Å². The molecule has 5 heteroatoms. The molecule has 92 valence electrons. The van der Waals surface area contributed by atoms with Gasteiger partial charge in [0, 0.05) is 18.3 Å². The van der Waals surface area contributed by atoms with Crippen molar-refractivity contribution in [3.63, 3.8) is 0 Å². The van der Waals surface area contributed by atoms with E-state index in [1.54, 1.807) is 12.1 Å². The molecule has 0 spiro atoms. The number of pyridine rings is 1. The molecule has 0 aliphatic heterocycles. The number of carbonyl (C=O) groups is 1. The molecule has 0 aromatic carbocycles. The number of rotatable bonds is 3. The number of nitrogens with one attached hydrogen (secondary N) is 1. The minimum atomic E-state index is -0.202. The Morgan fingerprint density at radius 2 is 2.41 bits per heavy atom. The van der Waals surface area contributed by atoms with Crippen LogP contribution in [0.25, 0.3) is 0 Å². The lowest BCUT2D eigenvalue weighted by atomic mass is 10.1. The fourth-order valence-electron chi connectivity index (χ4n) is 2.12. The lowest BCUT2D eigenvalue weighted by molar-refractivity contribution is 0.0945. The predicted octanol–water partition coefficient (Wildman–Crippen LogP) is 1.63. The van der Waals surface area contributed by atoms with E-state index in [0.29, 0.717) is 23.2 Å². The summed E-state index contributed by atoms with van der Waals surface area (Å²) in [5.74, 6) is 0.238. The topological polar surface area (TPSA) is 62.2 Å². The van der Waals surface area contributed by atoms with Crippen molar-refractivity contribution in [1.29, 1.82) is 0 Å². The highest BCUT2D eigenvalue weighted by Crippen LogP contribution is 2.24. The van der Waals surface area contributed by atoms with E-state index in [4.69, 9.17) is 11.6 Å². The predicted molar refractivity (Wildman–Crippen MR) is 64.9 cm³/mol. The summed E-state index contributed by atoms with van der Waals surface area (Å²) in [7, 11) is 0. The summed E-state index contributed by atoms with van der Waals surface area (Å²) >= 11 is 5.71. The molecule has 0 saturated heterocycles. The molecule has 2 rings (SSSR count). The molecular weight excluding hydrogens is 240 g/mol. The van der Waals surface area contributed by atoms with Crippen molar-refractivity contribution >= 4 is 17.5 Å². The Bertz CT molecular complexity index is 411. The summed E-state index contributed by atoms with van der Waals surface area (Å²) in [6, 6.07) is 3.17. The van der Waals surface area contributed by atoms with Gasteiger partial charge in [-0.15, -0.1) is 0 Å². The first-order valence-electron chi connectivity index (χ1n) is 5.73. The first kappa shape index (κ1) is 12.3. The Labute approximate surface area is 105 Å². The van der Waals surface area contributed by atoms with Crippen molar-refractivity contribution < 1.29 is 9.90 Å². The standard InChI is InChI=1S/C12H15ClN2O2/c13-11-6-9(3-4-14-11)12(17)15-7-8-1-2-10(16)5-8/h3-4,6,8,10,16H,1-2,5,7H2,(H,15,17). The van der Waals surface area contributed by atoms with Crippen LogP contribution in [0.15, 0.2) is 18.3 Å². The molecule has 2 N–H and O–H groups in total. The molecule has 0 radical (unpaired) electrons. The lowest BCUT2D eigenvalue weighted by Gasteiger charge is -2.10. The van der Waals surface area contributed by atoms with Crippen LogP contribution in [0, 0.1) is 5.92 Å². The molecule has 1 fully saturated rings. The maximum atomic E-state index is 11.8. The Morgan fingerprint density at radius 1 is 1.59 bits per heavy atom. The number of aliphatic hydroxyl groups is 1. The SMILES string of the molecule is O=C(NCC1CCC(O)C1)c1ccnc(Cl)c1. The molecule has 1 aliphatic rings. The number of carbonyl (C=O) groups excluding carboxylic acids is 1. The first-order chi connectivity index (χ1) is 8.15. The van der Waals surface area contributed by atoms with E-state index in [1.807, 2.05) is 0 Å². The van der Waals surface area contributed by atoms with Crippen LogP contribution in [0.4, 0.5) is 0 Å². The molecule has 0 bridgehead atoms. The fourth-order valence-corrected chi connectivity index (χ4v) is 2.29. The second-order valence-electron chi connectivity index (χ2n) is 4.41. The Kier molecular flexibility index (Phi) is 3.97. The number of hydrogen-bond acceptors (Lipinski definition) is 3. The number of hydrogen-bond donors (Lipinski definition) is 2. The first-order valence-corrected chi connectivity index (χ1v) is 6.11. The van der Waals surface area contributed by atoms with Gasteiger partial charge in [0.25, 0.3) is 5.91 Å². The zero-order chi connectivity index (χ0) is 12.3. The van der Waals surface area contributed by atoms with Crippen LogP contribution in [0.3, 0.4) is 0 Å². The van der Waals surface area contributed by atoms with Crippen LogP contribution in [-0.4, -0.2) is 28.6 Å². The van der Waals surface area contributed by atoms with Gasteiger partial charge < -0.3 is 10.4 Å². The van der Waals surface area contributed by atoms with Crippen LogP contribution in [0.5, 0.6) is 0 Å². The van der Waals surface area contributed by atoms with Gasteiger partial charge in [0.2, 0.25) is 0 Å². The second-order valence-corrected chi connectivity index (χ2v) is 4.80. The van der Waals surface area contributed by atoms with E-state index in [2.05, 4.69) is 10.3 Å². The third-order valence-electron chi connectivity index (χ3n) is 3.05. The van der Waals surface area contributed by atoms with Crippen molar-refractivity contribution in [2.75, 3.05) is 6.54 Å². The van der Waals surface area contributed by atoms with Crippen LogP contribution in [0.1, 0.15) is 29.6 Å². The van der Waals surface area contributed by atoms with Gasteiger partial charge in [-0.05, 0) is 37.3 Å². The summed E-state index contributed by atoms with van der Waals surface area (Å²) in [5.41, 5.74) is 0.517. The number of amides is 1. The summed E-state index contributed by atoms with van der Waals surface area (Å²) in [6.45, 7) is 0.607. The fraction of sp³-hybridized carbons (Fsp3) is 0.500. The summed E-state index contributed by atoms with van der Waals surface area (Å²) < 4.78 is 0. The summed E-state index contributed by atoms with van der Waals surface area (Å²) in [6.07, 6.45) is 3.89. The maximum absolute atomic E-state index is 11.8. The van der Waals surface area contributed by atoms with Crippen molar-refractivity contribution in [1.82, 2.24) is 10.3 Å². The molecule has 4 nitrogen and oxygen atoms in total. The van der Waals surface area contributed by atoms with Crippen LogP contribution < -0.4 is 5.32 Å². The van der Waals surface area contributed by atoms with Gasteiger partial charge in [0.1, 0.15) is 5.15 Å². The molecule has 1 aromatic heterocycles. The van der Waals surface area contributed by atoms with Gasteiger partial charge >= 0.3 is 0 Å². The van der Waals surface area contributed by atoms with E-state index in [1.165, 1.54) is 6.20 Å². The average molecular weight is 255 g/mol. The monoisotopic (exact) mass is 254 g/mol. The number of aromatic nitrogens is 1. The highest BCUT2D eigenvalue weighted by Gasteiger charge is 2.23. The largest absolute Gasteiger partial charge is 0.393 e. The highest BCUT2D eigenvalue weighted by atomic mass is 35.5. The van der Waals surface area contributed by atoms with E-state index < -0.39 is 0 Å². The van der Waals surface area contributed by atoms with Crippen LogP contribution in [0.2, 0.25) is 5.15 Å². The molecule has 1 amide bonds. The quantitative estimate of drug-likeness (QED) is 0.806. The molecule has 1 saturated carbocycles. The highest BCUT2D eigenvalue weighted by molar-refractivity contribution is 6.29. The molecule has 1 aliphatic carbocycles. The number of aliphatic hydroxyl groups excluding tert-OH is 1. The van der Waals surface area contributed by atoms with Gasteiger partial charge in [0.15, 0.2) is 0 Å². The molecular formula is C12H15ClN2O2. The number of nitrogens with zero attached hydrogens (tertiary/aromatic N) is 1. The Morgan fingerprint density at radius 3 is 3.06 bits per heavy atom. The smallest absolute Gasteiger partial charge is 0.251 e. The zero-order valence-corrected chi connectivity index (χ0v) is 10.2. The Balaban J connectivity index is 1.85. The summed E-state index contributed by atoms with van der Waals surface area (Å²) in [4.78, 5) is 15.6. The van der Waals surface area contributed by atoms with Crippen LogP contribution >= 0.6 is 11.6 Å². The minimum absolute atomic E-state index is 0.143. The molecule has 2 atom stereocenters. The zero-order valence-electron chi connectivity index (χ0n) is 9.40. The number of halogens is 1. The minimum Gasteiger partial charge on any atom is -0.393 e. The Hall–Kier alpha value is -1.13. The van der Waals surface area contributed by atoms with Crippen molar-refractivity contribution in [2.24, 2.45) is 5.92 Å². The maximum Gasteiger partial charge on any atom is 0.251 e. The third-order valence-corrected chi connectivity index (χ3v) is 3.26. The van der Waals surface area contributed by atoms with Gasteiger partial charge in [-0.1, -0.05) is 11.6 Å². The van der Waals surface area contributed by atoms with Crippen molar-refractivity contribution in [3.8, 4) is 0 Å². The van der Waals surface area contributed by atoms with E-state index in [9.17, 15) is 9.90 Å². The molecule has 2 unspecified atom stereocenters. The summed E-state index contributed by atoms with van der Waals surface area (Å²) in [5, 5.41) is 12.5. The third kappa shape index (κ3) is 3.41. The normalized spacial score (nSPS) is 23.6.